The second kappa shape index (κ2) is 6.11. The van der Waals surface area contributed by atoms with Crippen molar-refractivity contribution in [3.63, 3.8) is 0 Å². The number of para-hydroxylation sites is 1. The molecule has 0 aliphatic heterocycles. The van der Waals surface area contributed by atoms with Crippen molar-refractivity contribution in [2.75, 3.05) is 11.9 Å². The number of hydrogen-bond donors (Lipinski definition) is 4. The summed E-state index contributed by atoms with van der Waals surface area (Å²) in [6.07, 6.45) is 0.646. The Labute approximate surface area is 112 Å². The van der Waals surface area contributed by atoms with Gasteiger partial charge in [0.2, 0.25) is 0 Å². The second-order valence-electron chi connectivity index (χ2n) is 4.31. The first kappa shape index (κ1) is 13.2. The van der Waals surface area contributed by atoms with E-state index in [4.69, 9.17) is 5.11 Å². The highest BCUT2D eigenvalue weighted by Gasteiger charge is 2.05. The Morgan fingerprint density at radius 1 is 0.947 bits per heavy atom. The molecule has 0 saturated heterocycles. The third-order valence-corrected chi connectivity index (χ3v) is 2.94. The maximum absolute atomic E-state index is 9.67. The molecule has 0 fully saturated rings. The van der Waals surface area contributed by atoms with Gasteiger partial charge in [-0.05, 0) is 30.2 Å². The van der Waals surface area contributed by atoms with Crippen molar-refractivity contribution in [2.24, 2.45) is 0 Å². The fraction of sp³-hybridized carbons (Fsp3) is 0.200. The van der Waals surface area contributed by atoms with E-state index < -0.39 is 0 Å². The van der Waals surface area contributed by atoms with Gasteiger partial charge in [0, 0.05) is 24.4 Å². The fourth-order valence-electron chi connectivity index (χ4n) is 1.84. The minimum Gasteiger partial charge on any atom is -0.504 e. The molecule has 4 nitrogen and oxygen atoms in total. The molecule has 2 rings (SSSR count). The molecule has 0 atom stereocenters. The number of aliphatic hydroxyl groups excluding tert-OH is 1. The van der Waals surface area contributed by atoms with Gasteiger partial charge in [-0.2, -0.15) is 0 Å². The largest absolute Gasteiger partial charge is 0.504 e. The number of phenolic OH excluding ortho intramolecular Hbond substituents is 2. The van der Waals surface area contributed by atoms with Gasteiger partial charge in [-0.3, -0.25) is 0 Å². The van der Waals surface area contributed by atoms with Crippen LogP contribution >= 0.6 is 0 Å². The van der Waals surface area contributed by atoms with Gasteiger partial charge in [0.15, 0.2) is 11.5 Å². The Hall–Kier alpha value is -2.20. The standard InChI is InChI=1S/C15H17NO3/c17-9-8-11-4-6-13(7-5-11)16-10-12-2-1-3-14(18)15(12)19/h1-7,16-19H,8-10H2. The van der Waals surface area contributed by atoms with Crippen LogP contribution in [0.2, 0.25) is 0 Å². The molecular formula is C15H17NO3. The molecule has 4 N–H and O–H groups in total. The van der Waals surface area contributed by atoms with Crippen molar-refractivity contribution in [3.8, 4) is 11.5 Å². The van der Waals surface area contributed by atoms with Crippen molar-refractivity contribution in [1.82, 2.24) is 0 Å². The summed E-state index contributed by atoms with van der Waals surface area (Å²) in [5.41, 5.74) is 2.64. The highest BCUT2D eigenvalue weighted by atomic mass is 16.3. The molecule has 2 aromatic carbocycles. The molecule has 0 aromatic heterocycles. The van der Waals surface area contributed by atoms with Gasteiger partial charge in [0.05, 0.1) is 0 Å². The van der Waals surface area contributed by atoms with Crippen LogP contribution in [0.15, 0.2) is 42.5 Å². The average molecular weight is 259 g/mol. The molecule has 0 heterocycles. The number of phenols is 2. The van der Waals surface area contributed by atoms with Crippen LogP contribution < -0.4 is 5.32 Å². The zero-order valence-corrected chi connectivity index (χ0v) is 10.5. The third kappa shape index (κ3) is 3.39. The Morgan fingerprint density at radius 2 is 1.68 bits per heavy atom. The molecule has 0 spiro atoms. The van der Waals surface area contributed by atoms with Gasteiger partial charge < -0.3 is 20.6 Å². The van der Waals surface area contributed by atoms with E-state index in [9.17, 15) is 10.2 Å². The number of rotatable bonds is 5. The summed E-state index contributed by atoms with van der Waals surface area (Å²) in [6.45, 7) is 0.573. The topological polar surface area (TPSA) is 72.7 Å². The molecule has 0 amide bonds. The van der Waals surface area contributed by atoms with Crippen LogP contribution in [0.25, 0.3) is 0 Å². The van der Waals surface area contributed by atoms with E-state index in [0.29, 0.717) is 18.5 Å². The molecular weight excluding hydrogens is 242 g/mol. The molecule has 2 aromatic rings. The minimum atomic E-state index is -0.113. The van der Waals surface area contributed by atoms with Gasteiger partial charge in [-0.1, -0.05) is 24.3 Å². The summed E-state index contributed by atoms with van der Waals surface area (Å²) in [4.78, 5) is 0. The highest BCUT2D eigenvalue weighted by molar-refractivity contribution is 5.49. The van der Waals surface area contributed by atoms with E-state index in [2.05, 4.69) is 5.32 Å². The summed E-state index contributed by atoms with van der Waals surface area (Å²) in [6, 6.07) is 12.6. The normalized spacial score (nSPS) is 10.4. The molecule has 100 valence electrons. The van der Waals surface area contributed by atoms with Crippen LogP contribution in [-0.2, 0) is 13.0 Å². The first-order chi connectivity index (χ1) is 9.20. The lowest BCUT2D eigenvalue weighted by atomic mass is 10.1. The summed E-state index contributed by atoms with van der Waals surface area (Å²) in [5.74, 6) is -0.204. The smallest absolute Gasteiger partial charge is 0.162 e. The van der Waals surface area contributed by atoms with Gasteiger partial charge >= 0.3 is 0 Å². The maximum Gasteiger partial charge on any atom is 0.162 e. The van der Waals surface area contributed by atoms with Crippen LogP contribution in [0, 0.1) is 0 Å². The number of aromatic hydroxyl groups is 2. The van der Waals surface area contributed by atoms with E-state index in [-0.39, 0.29) is 18.1 Å². The van der Waals surface area contributed by atoms with Crippen LogP contribution in [0.4, 0.5) is 5.69 Å². The quantitative estimate of drug-likeness (QED) is 0.621. The molecule has 0 aliphatic carbocycles. The van der Waals surface area contributed by atoms with Crippen LogP contribution in [0.1, 0.15) is 11.1 Å². The Balaban J connectivity index is 2.00. The van der Waals surface area contributed by atoms with Crippen molar-refractivity contribution >= 4 is 5.69 Å². The maximum atomic E-state index is 9.67. The molecule has 19 heavy (non-hydrogen) atoms. The summed E-state index contributed by atoms with van der Waals surface area (Å²) in [5, 5.41) is 31.1. The summed E-state index contributed by atoms with van der Waals surface area (Å²) in [7, 11) is 0. The number of benzene rings is 2. The van der Waals surface area contributed by atoms with Crippen LogP contribution in [0.5, 0.6) is 11.5 Å². The fourth-order valence-corrected chi connectivity index (χ4v) is 1.84. The Kier molecular flexibility index (Phi) is 4.26. The van der Waals surface area contributed by atoms with Crippen LogP contribution in [-0.4, -0.2) is 21.9 Å². The molecule has 0 bridgehead atoms. The molecule has 0 unspecified atom stereocenters. The number of nitrogens with one attached hydrogen (secondary N) is 1. The molecule has 4 heteroatoms. The van der Waals surface area contributed by atoms with Gasteiger partial charge in [0.1, 0.15) is 0 Å². The van der Waals surface area contributed by atoms with Crippen molar-refractivity contribution in [3.05, 3.63) is 53.6 Å². The monoisotopic (exact) mass is 259 g/mol. The van der Waals surface area contributed by atoms with E-state index in [1.165, 1.54) is 6.07 Å². The predicted molar refractivity (Wildman–Crippen MR) is 74.3 cm³/mol. The van der Waals surface area contributed by atoms with Crippen molar-refractivity contribution in [1.29, 1.82) is 0 Å². The molecule has 0 saturated carbocycles. The first-order valence-corrected chi connectivity index (χ1v) is 6.14. The Morgan fingerprint density at radius 3 is 2.37 bits per heavy atom. The van der Waals surface area contributed by atoms with Gasteiger partial charge in [0.25, 0.3) is 0 Å². The SMILES string of the molecule is OCCc1ccc(NCc2cccc(O)c2O)cc1. The third-order valence-electron chi connectivity index (χ3n) is 2.94. The highest BCUT2D eigenvalue weighted by Crippen LogP contribution is 2.28. The van der Waals surface area contributed by atoms with Crippen LogP contribution in [0.3, 0.4) is 0 Å². The average Bonchev–Trinajstić information content (AvgIpc) is 2.42. The lowest BCUT2D eigenvalue weighted by molar-refractivity contribution is 0.299. The van der Waals surface area contributed by atoms with E-state index >= 15 is 0 Å². The zero-order valence-electron chi connectivity index (χ0n) is 10.5. The minimum absolute atomic E-state index is 0.0908. The first-order valence-electron chi connectivity index (χ1n) is 6.14. The molecule has 0 aliphatic rings. The lowest BCUT2D eigenvalue weighted by Crippen LogP contribution is -2.00. The second-order valence-corrected chi connectivity index (χ2v) is 4.31. The number of aliphatic hydroxyl groups is 1. The van der Waals surface area contributed by atoms with E-state index in [0.717, 1.165) is 11.3 Å². The predicted octanol–water partition coefficient (Wildman–Crippen LogP) is 2.24. The van der Waals surface area contributed by atoms with Crippen molar-refractivity contribution < 1.29 is 15.3 Å². The van der Waals surface area contributed by atoms with Gasteiger partial charge in [-0.25, -0.2) is 0 Å². The Bertz CT molecular complexity index is 538. The zero-order chi connectivity index (χ0) is 13.7. The summed E-state index contributed by atoms with van der Waals surface area (Å²) >= 11 is 0. The van der Waals surface area contributed by atoms with Gasteiger partial charge in [-0.15, -0.1) is 0 Å². The van der Waals surface area contributed by atoms with E-state index in [1.807, 2.05) is 24.3 Å². The number of anilines is 1. The van der Waals surface area contributed by atoms with Crippen molar-refractivity contribution in [2.45, 2.75) is 13.0 Å². The summed E-state index contributed by atoms with van der Waals surface area (Å²) < 4.78 is 0. The molecule has 0 radical (unpaired) electrons. The van der Waals surface area contributed by atoms with E-state index in [1.54, 1.807) is 12.1 Å². The lowest BCUT2D eigenvalue weighted by Gasteiger charge is -2.09. The number of hydrogen-bond acceptors (Lipinski definition) is 4.